The molecular weight excluding hydrogens is 423 g/mol. The smallest absolute Gasteiger partial charge is 0.264 e. The summed E-state index contributed by atoms with van der Waals surface area (Å²) in [6.45, 7) is 1.29. The van der Waals surface area contributed by atoms with Gasteiger partial charge in [0.15, 0.2) is 0 Å². The van der Waals surface area contributed by atoms with Gasteiger partial charge in [0.25, 0.3) is 5.91 Å². The second-order valence-electron chi connectivity index (χ2n) is 7.10. The number of nitrogens with zero attached hydrogens (tertiary/aromatic N) is 2. The summed E-state index contributed by atoms with van der Waals surface area (Å²) in [7, 11) is -3.42. The van der Waals surface area contributed by atoms with Crippen LogP contribution in [0.15, 0.2) is 66.7 Å². The van der Waals surface area contributed by atoms with Gasteiger partial charge in [-0.15, -0.1) is 11.3 Å². The van der Waals surface area contributed by atoms with E-state index in [-0.39, 0.29) is 30.6 Å². The number of amides is 1. The Labute approximate surface area is 179 Å². The van der Waals surface area contributed by atoms with Crippen molar-refractivity contribution in [2.45, 2.75) is 5.75 Å². The van der Waals surface area contributed by atoms with Crippen molar-refractivity contribution in [3.05, 3.63) is 83.0 Å². The molecule has 1 fully saturated rings. The zero-order valence-corrected chi connectivity index (χ0v) is 17.8. The van der Waals surface area contributed by atoms with Crippen LogP contribution in [0, 0.1) is 5.82 Å². The normalized spacial score (nSPS) is 15.3. The van der Waals surface area contributed by atoms with Crippen LogP contribution in [-0.2, 0) is 15.8 Å². The fourth-order valence-corrected chi connectivity index (χ4v) is 5.92. The molecule has 4 rings (SSSR count). The lowest BCUT2D eigenvalue weighted by atomic mass is 10.2. The molecule has 0 unspecified atom stereocenters. The molecule has 5 nitrogen and oxygen atoms in total. The van der Waals surface area contributed by atoms with Gasteiger partial charge < -0.3 is 4.90 Å². The first kappa shape index (κ1) is 20.7. The maximum Gasteiger partial charge on any atom is 0.264 e. The number of rotatable bonds is 5. The quantitative estimate of drug-likeness (QED) is 0.601. The van der Waals surface area contributed by atoms with E-state index in [1.165, 1.54) is 27.8 Å². The minimum Gasteiger partial charge on any atom is -0.335 e. The molecule has 0 saturated carbocycles. The van der Waals surface area contributed by atoms with E-state index in [1.54, 1.807) is 35.2 Å². The van der Waals surface area contributed by atoms with Crippen LogP contribution in [-0.4, -0.2) is 49.7 Å². The molecule has 1 aromatic heterocycles. The number of piperazine rings is 1. The molecule has 1 aliphatic heterocycles. The van der Waals surface area contributed by atoms with Crippen molar-refractivity contribution in [1.29, 1.82) is 0 Å². The Kier molecular flexibility index (Phi) is 5.99. The second kappa shape index (κ2) is 8.67. The molecule has 1 aliphatic rings. The van der Waals surface area contributed by atoms with E-state index in [0.29, 0.717) is 18.0 Å². The third-order valence-corrected chi connectivity index (χ3v) is 8.03. The van der Waals surface area contributed by atoms with Crippen LogP contribution in [0.2, 0.25) is 0 Å². The highest BCUT2D eigenvalue weighted by molar-refractivity contribution is 7.88. The zero-order valence-electron chi connectivity index (χ0n) is 16.2. The summed E-state index contributed by atoms with van der Waals surface area (Å²) in [6, 6.07) is 18.9. The minimum atomic E-state index is -3.42. The molecule has 2 heterocycles. The summed E-state index contributed by atoms with van der Waals surface area (Å²) in [6.07, 6.45) is 0. The van der Waals surface area contributed by atoms with Crippen molar-refractivity contribution in [3.63, 3.8) is 0 Å². The number of benzene rings is 2. The highest BCUT2D eigenvalue weighted by atomic mass is 32.2. The lowest BCUT2D eigenvalue weighted by molar-refractivity contribution is 0.0702. The molecule has 0 N–H and O–H groups in total. The molecular formula is C22H21FN2O3S2. The number of carbonyl (C=O) groups excluding carboxylic acids is 1. The summed E-state index contributed by atoms with van der Waals surface area (Å²) < 4.78 is 39.9. The third kappa shape index (κ3) is 4.61. The van der Waals surface area contributed by atoms with Crippen LogP contribution in [0.5, 0.6) is 0 Å². The lowest BCUT2D eigenvalue weighted by Gasteiger charge is -2.33. The number of sulfonamides is 1. The summed E-state index contributed by atoms with van der Waals surface area (Å²) in [5.41, 5.74) is 1.61. The summed E-state index contributed by atoms with van der Waals surface area (Å²) in [5, 5.41) is 0. The Morgan fingerprint density at radius 3 is 2.23 bits per heavy atom. The predicted molar refractivity (Wildman–Crippen MR) is 116 cm³/mol. The van der Waals surface area contributed by atoms with Gasteiger partial charge >= 0.3 is 0 Å². The van der Waals surface area contributed by atoms with E-state index in [1.807, 2.05) is 24.3 Å². The van der Waals surface area contributed by atoms with E-state index in [4.69, 9.17) is 0 Å². The van der Waals surface area contributed by atoms with Gasteiger partial charge in [-0.25, -0.2) is 12.8 Å². The van der Waals surface area contributed by atoms with E-state index in [0.717, 1.165) is 16.0 Å². The number of halogens is 1. The van der Waals surface area contributed by atoms with E-state index < -0.39 is 10.0 Å². The topological polar surface area (TPSA) is 57.7 Å². The Bertz CT molecular complexity index is 1120. The van der Waals surface area contributed by atoms with Crippen LogP contribution in [0.1, 0.15) is 15.2 Å². The molecule has 0 radical (unpaired) electrons. The first-order valence-electron chi connectivity index (χ1n) is 9.59. The summed E-state index contributed by atoms with van der Waals surface area (Å²) >= 11 is 1.36. The van der Waals surface area contributed by atoms with E-state index in [9.17, 15) is 17.6 Å². The molecule has 1 saturated heterocycles. The van der Waals surface area contributed by atoms with Crippen molar-refractivity contribution < 1.29 is 17.6 Å². The lowest BCUT2D eigenvalue weighted by Crippen LogP contribution is -2.50. The molecule has 0 spiro atoms. The highest BCUT2D eigenvalue weighted by Crippen LogP contribution is 2.29. The molecule has 1 amide bonds. The average molecular weight is 445 g/mol. The van der Waals surface area contributed by atoms with Gasteiger partial charge in [0.1, 0.15) is 5.82 Å². The first-order chi connectivity index (χ1) is 14.4. The fraction of sp³-hybridized carbons (Fsp3) is 0.227. The molecule has 2 aromatic carbocycles. The monoisotopic (exact) mass is 444 g/mol. The van der Waals surface area contributed by atoms with Crippen LogP contribution >= 0.6 is 11.3 Å². The molecule has 0 aliphatic carbocycles. The van der Waals surface area contributed by atoms with E-state index in [2.05, 4.69) is 0 Å². The van der Waals surface area contributed by atoms with Gasteiger partial charge in [-0.2, -0.15) is 4.31 Å². The van der Waals surface area contributed by atoms with Gasteiger partial charge in [-0.3, -0.25) is 4.79 Å². The van der Waals surface area contributed by atoms with Crippen molar-refractivity contribution >= 4 is 27.3 Å². The standard InChI is InChI=1S/C22H21FN2O3S2/c23-19-8-6-18(7-9-19)20-10-11-21(29-20)22(26)24-12-14-25(15-13-24)30(27,28)16-17-4-2-1-3-5-17/h1-11H,12-16H2. The molecule has 8 heteroatoms. The van der Waals surface area contributed by atoms with Crippen LogP contribution < -0.4 is 0 Å². The Morgan fingerprint density at radius 1 is 0.900 bits per heavy atom. The molecule has 30 heavy (non-hydrogen) atoms. The van der Waals surface area contributed by atoms with Crippen molar-refractivity contribution in [3.8, 4) is 10.4 Å². The van der Waals surface area contributed by atoms with Gasteiger partial charge in [-0.05, 0) is 35.4 Å². The number of hydrogen-bond donors (Lipinski definition) is 0. The fourth-order valence-electron chi connectivity index (χ4n) is 3.42. The van der Waals surface area contributed by atoms with Gasteiger partial charge in [0.05, 0.1) is 10.6 Å². The van der Waals surface area contributed by atoms with Crippen LogP contribution in [0.3, 0.4) is 0 Å². The molecule has 0 atom stereocenters. The number of hydrogen-bond acceptors (Lipinski definition) is 4. The van der Waals surface area contributed by atoms with Gasteiger partial charge in [-0.1, -0.05) is 42.5 Å². The maximum atomic E-state index is 13.1. The average Bonchev–Trinajstić information content (AvgIpc) is 3.24. The van der Waals surface area contributed by atoms with E-state index >= 15 is 0 Å². The first-order valence-corrected chi connectivity index (χ1v) is 12.0. The second-order valence-corrected chi connectivity index (χ2v) is 10.2. The predicted octanol–water partition coefficient (Wildman–Crippen LogP) is 3.84. The minimum absolute atomic E-state index is 0.0340. The van der Waals surface area contributed by atoms with Crippen molar-refractivity contribution in [2.75, 3.05) is 26.2 Å². The molecule has 0 bridgehead atoms. The van der Waals surface area contributed by atoms with Crippen LogP contribution in [0.4, 0.5) is 4.39 Å². The van der Waals surface area contributed by atoms with Gasteiger partial charge in [0.2, 0.25) is 10.0 Å². The maximum absolute atomic E-state index is 13.1. The van der Waals surface area contributed by atoms with Gasteiger partial charge in [0, 0.05) is 31.1 Å². The largest absolute Gasteiger partial charge is 0.335 e. The summed E-state index contributed by atoms with van der Waals surface area (Å²) in [5.74, 6) is -0.437. The number of thiophene rings is 1. The van der Waals surface area contributed by atoms with Crippen molar-refractivity contribution in [1.82, 2.24) is 9.21 Å². The Balaban J connectivity index is 1.38. The molecule has 156 valence electrons. The summed E-state index contributed by atoms with van der Waals surface area (Å²) in [4.78, 5) is 16.0. The molecule has 3 aromatic rings. The Morgan fingerprint density at radius 2 is 1.57 bits per heavy atom. The zero-order chi connectivity index (χ0) is 21.1. The van der Waals surface area contributed by atoms with Crippen LogP contribution in [0.25, 0.3) is 10.4 Å². The van der Waals surface area contributed by atoms with Crippen molar-refractivity contribution in [2.24, 2.45) is 0 Å². The highest BCUT2D eigenvalue weighted by Gasteiger charge is 2.29. The Hall–Kier alpha value is -2.55. The third-order valence-electron chi connectivity index (χ3n) is 5.06. The SMILES string of the molecule is O=C(c1ccc(-c2ccc(F)cc2)s1)N1CCN(S(=O)(=O)Cc2ccccc2)CC1. The number of carbonyl (C=O) groups is 1.